The molecule has 146 valence electrons. The van der Waals surface area contributed by atoms with Crippen molar-refractivity contribution in [3.63, 3.8) is 0 Å². The fraction of sp³-hybridized carbons (Fsp3) is 0.368. The Bertz CT molecular complexity index is 1060. The first-order valence-corrected chi connectivity index (χ1v) is 9.19. The summed E-state index contributed by atoms with van der Waals surface area (Å²) in [5.41, 5.74) is 0.167. The fourth-order valence-corrected chi connectivity index (χ4v) is 3.30. The molecule has 1 aliphatic heterocycles. The van der Waals surface area contributed by atoms with Gasteiger partial charge in [0.25, 0.3) is 5.56 Å². The molecule has 0 spiro atoms. The van der Waals surface area contributed by atoms with Crippen molar-refractivity contribution in [3.05, 3.63) is 80.7 Å². The Balaban J connectivity index is 1.57. The minimum absolute atomic E-state index is 0.00786. The zero-order valence-electron chi connectivity index (χ0n) is 15.6. The van der Waals surface area contributed by atoms with E-state index in [0.717, 1.165) is 29.8 Å². The Hall–Kier alpha value is -3.04. The zero-order valence-corrected chi connectivity index (χ0v) is 15.6. The first-order chi connectivity index (χ1) is 13.6. The maximum atomic E-state index is 12.8. The van der Waals surface area contributed by atoms with Crippen molar-refractivity contribution in [1.82, 2.24) is 29.5 Å². The van der Waals surface area contributed by atoms with Gasteiger partial charge in [0.2, 0.25) is 5.89 Å². The summed E-state index contributed by atoms with van der Waals surface area (Å²) < 4.78 is 7.92. The predicted octanol–water partition coefficient (Wildman–Crippen LogP) is 0.0657. The highest BCUT2D eigenvalue weighted by Crippen LogP contribution is 2.17. The Morgan fingerprint density at radius 2 is 2.00 bits per heavy atom. The van der Waals surface area contributed by atoms with Crippen LogP contribution in [0.15, 0.2) is 56.7 Å². The van der Waals surface area contributed by atoms with E-state index < -0.39 is 11.2 Å². The topological polar surface area (TPSA) is 98.2 Å². The van der Waals surface area contributed by atoms with Gasteiger partial charge in [-0.05, 0) is 12.6 Å². The molecule has 3 aromatic rings. The number of hydrogen-bond acceptors (Lipinski definition) is 7. The molecule has 0 saturated carbocycles. The first-order valence-electron chi connectivity index (χ1n) is 9.19. The summed E-state index contributed by atoms with van der Waals surface area (Å²) in [6.07, 6.45) is 1.51. The molecule has 3 heterocycles. The highest BCUT2D eigenvalue weighted by Gasteiger charge is 2.25. The molecular formula is C19H22N6O3. The lowest BCUT2D eigenvalue weighted by Crippen LogP contribution is -2.44. The molecule has 1 saturated heterocycles. The van der Waals surface area contributed by atoms with Gasteiger partial charge in [0.15, 0.2) is 5.82 Å². The third kappa shape index (κ3) is 3.80. The van der Waals surface area contributed by atoms with Crippen molar-refractivity contribution in [3.8, 4) is 0 Å². The molecule has 1 N–H and O–H groups in total. The second kappa shape index (κ2) is 7.91. The van der Waals surface area contributed by atoms with Gasteiger partial charge >= 0.3 is 5.69 Å². The van der Waals surface area contributed by atoms with Crippen LogP contribution in [0.1, 0.15) is 23.3 Å². The van der Waals surface area contributed by atoms with Crippen LogP contribution < -0.4 is 16.6 Å². The molecule has 2 aromatic heterocycles. The fourth-order valence-electron chi connectivity index (χ4n) is 3.30. The van der Waals surface area contributed by atoms with Crippen LogP contribution in [0.5, 0.6) is 0 Å². The van der Waals surface area contributed by atoms with E-state index in [2.05, 4.69) is 20.4 Å². The Kier molecular flexibility index (Phi) is 5.18. The largest absolute Gasteiger partial charge is 0.337 e. The Morgan fingerprint density at radius 1 is 1.18 bits per heavy atom. The van der Waals surface area contributed by atoms with Gasteiger partial charge < -0.3 is 9.84 Å². The molecule has 1 fully saturated rings. The lowest BCUT2D eigenvalue weighted by Gasteiger charge is -2.30. The smallest absolute Gasteiger partial charge is 0.331 e. The van der Waals surface area contributed by atoms with E-state index in [0.29, 0.717) is 12.4 Å². The Labute approximate surface area is 161 Å². The zero-order chi connectivity index (χ0) is 19.5. The standard InChI is InChI=1S/C19H22N6O3/c1-23-10-8-20-11-15(23)18-21-16(28-22-18)13-25-17(26)7-9-24(19(25)27)12-14-5-3-2-4-6-14/h2-7,9,15,20H,8,10-13H2,1H3. The lowest BCUT2D eigenvalue weighted by atomic mass is 10.2. The molecule has 0 bridgehead atoms. The molecular weight excluding hydrogens is 360 g/mol. The summed E-state index contributed by atoms with van der Waals surface area (Å²) in [6.45, 7) is 2.86. The van der Waals surface area contributed by atoms with Gasteiger partial charge in [-0.15, -0.1) is 0 Å². The molecule has 0 aliphatic carbocycles. The van der Waals surface area contributed by atoms with E-state index in [1.807, 2.05) is 37.4 Å². The second-order valence-corrected chi connectivity index (χ2v) is 6.88. The minimum Gasteiger partial charge on any atom is -0.337 e. The van der Waals surface area contributed by atoms with E-state index >= 15 is 0 Å². The van der Waals surface area contributed by atoms with Gasteiger partial charge in [0, 0.05) is 31.9 Å². The molecule has 9 heteroatoms. The number of aromatic nitrogens is 4. The molecule has 1 unspecified atom stereocenters. The van der Waals surface area contributed by atoms with Gasteiger partial charge in [0.1, 0.15) is 6.54 Å². The van der Waals surface area contributed by atoms with Crippen LogP contribution in [0.3, 0.4) is 0 Å². The third-order valence-electron chi connectivity index (χ3n) is 4.92. The predicted molar refractivity (Wildman–Crippen MR) is 102 cm³/mol. The average Bonchev–Trinajstić information content (AvgIpc) is 3.17. The summed E-state index contributed by atoms with van der Waals surface area (Å²) in [4.78, 5) is 31.6. The highest BCUT2D eigenvalue weighted by molar-refractivity contribution is 5.15. The van der Waals surface area contributed by atoms with Crippen LogP contribution in [0.4, 0.5) is 0 Å². The SMILES string of the molecule is CN1CCNCC1c1noc(Cn2c(=O)ccn(Cc3ccccc3)c2=O)n1. The van der Waals surface area contributed by atoms with Gasteiger partial charge in [-0.25, -0.2) is 4.79 Å². The second-order valence-electron chi connectivity index (χ2n) is 6.88. The summed E-state index contributed by atoms with van der Waals surface area (Å²) in [5.74, 6) is 0.795. The maximum absolute atomic E-state index is 12.8. The van der Waals surface area contributed by atoms with Crippen molar-refractivity contribution in [2.45, 2.75) is 19.1 Å². The van der Waals surface area contributed by atoms with Crippen molar-refractivity contribution in [2.75, 3.05) is 26.7 Å². The van der Waals surface area contributed by atoms with Crippen molar-refractivity contribution < 1.29 is 4.52 Å². The monoisotopic (exact) mass is 382 g/mol. The summed E-state index contributed by atoms with van der Waals surface area (Å²) in [7, 11) is 2.01. The molecule has 9 nitrogen and oxygen atoms in total. The van der Waals surface area contributed by atoms with Crippen LogP contribution in [0.2, 0.25) is 0 Å². The van der Waals surface area contributed by atoms with Gasteiger partial charge in [-0.3, -0.25) is 18.8 Å². The van der Waals surface area contributed by atoms with E-state index in [1.165, 1.54) is 16.8 Å². The summed E-state index contributed by atoms with van der Waals surface area (Å²) >= 11 is 0. The third-order valence-corrected chi connectivity index (χ3v) is 4.92. The maximum Gasteiger partial charge on any atom is 0.331 e. The van der Waals surface area contributed by atoms with Gasteiger partial charge in [-0.1, -0.05) is 35.5 Å². The normalized spacial score (nSPS) is 17.7. The Morgan fingerprint density at radius 3 is 2.79 bits per heavy atom. The number of likely N-dealkylation sites (N-methyl/N-ethyl adjacent to an activating group) is 1. The van der Waals surface area contributed by atoms with Gasteiger partial charge in [-0.2, -0.15) is 4.98 Å². The number of rotatable bonds is 5. The molecule has 1 aliphatic rings. The van der Waals surface area contributed by atoms with E-state index in [9.17, 15) is 9.59 Å². The molecule has 0 amide bonds. The van der Waals surface area contributed by atoms with Crippen molar-refractivity contribution >= 4 is 0 Å². The van der Waals surface area contributed by atoms with E-state index in [4.69, 9.17) is 4.52 Å². The quantitative estimate of drug-likeness (QED) is 0.667. The van der Waals surface area contributed by atoms with Crippen LogP contribution in [0.25, 0.3) is 0 Å². The molecule has 0 radical (unpaired) electrons. The van der Waals surface area contributed by atoms with Crippen molar-refractivity contribution in [2.24, 2.45) is 0 Å². The van der Waals surface area contributed by atoms with Crippen LogP contribution in [0, 0.1) is 0 Å². The molecule has 1 aromatic carbocycles. The van der Waals surface area contributed by atoms with Crippen LogP contribution in [-0.2, 0) is 13.1 Å². The van der Waals surface area contributed by atoms with E-state index in [1.54, 1.807) is 0 Å². The summed E-state index contributed by atoms with van der Waals surface area (Å²) in [5, 5.41) is 7.34. The number of nitrogens with zero attached hydrogens (tertiary/aromatic N) is 5. The number of benzene rings is 1. The first kappa shape index (κ1) is 18.3. The number of piperazine rings is 1. The summed E-state index contributed by atoms with van der Waals surface area (Å²) in [6, 6.07) is 11.0. The van der Waals surface area contributed by atoms with Crippen LogP contribution >= 0.6 is 0 Å². The van der Waals surface area contributed by atoms with Gasteiger partial charge in [0.05, 0.1) is 12.6 Å². The molecule has 28 heavy (non-hydrogen) atoms. The van der Waals surface area contributed by atoms with E-state index in [-0.39, 0.29) is 18.5 Å². The molecule has 4 rings (SSSR count). The number of nitrogens with one attached hydrogen (secondary N) is 1. The average molecular weight is 382 g/mol. The van der Waals surface area contributed by atoms with Crippen LogP contribution in [-0.4, -0.2) is 50.9 Å². The minimum atomic E-state index is -0.410. The lowest BCUT2D eigenvalue weighted by molar-refractivity contribution is 0.190. The highest BCUT2D eigenvalue weighted by atomic mass is 16.5. The number of hydrogen-bond donors (Lipinski definition) is 1. The van der Waals surface area contributed by atoms with Crippen molar-refractivity contribution in [1.29, 1.82) is 0 Å². The molecule has 1 atom stereocenters.